The Morgan fingerprint density at radius 3 is 2.60 bits per heavy atom. The van der Waals surface area contributed by atoms with E-state index in [-0.39, 0.29) is 6.04 Å². The van der Waals surface area contributed by atoms with Crippen molar-refractivity contribution < 1.29 is 4.74 Å². The van der Waals surface area contributed by atoms with E-state index in [1.807, 2.05) is 24.3 Å². The van der Waals surface area contributed by atoms with Gasteiger partial charge in [-0.2, -0.15) is 0 Å². The second-order valence-corrected chi connectivity index (χ2v) is 5.34. The minimum Gasteiger partial charge on any atom is -0.496 e. The summed E-state index contributed by atoms with van der Waals surface area (Å²) >= 11 is 6.21. The largest absolute Gasteiger partial charge is 0.496 e. The molecule has 2 nitrogen and oxygen atoms in total. The number of aryl methyl sites for hydroxylation is 1. The number of hydrogen-bond donors (Lipinski definition) is 1. The Morgan fingerprint density at radius 2 is 1.95 bits per heavy atom. The molecule has 2 aromatic carbocycles. The standard InChI is InChI=1S/C17H20ClNO/c1-12-10-14(8-9-17(12)20-3)11-19-13(2)15-6-4-5-7-16(15)18/h4-10,13,19H,11H2,1-3H3/t13-/m0/s1. The van der Waals surface area contributed by atoms with E-state index in [0.29, 0.717) is 0 Å². The third-order valence-electron chi connectivity index (χ3n) is 3.44. The van der Waals surface area contributed by atoms with Crippen LogP contribution < -0.4 is 10.1 Å². The van der Waals surface area contributed by atoms with Crippen LogP contribution in [0, 0.1) is 6.92 Å². The SMILES string of the molecule is COc1ccc(CN[C@@H](C)c2ccccc2Cl)cc1C. The zero-order valence-electron chi connectivity index (χ0n) is 12.1. The Hall–Kier alpha value is -1.51. The lowest BCUT2D eigenvalue weighted by Crippen LogP contribution is -2.18. The van der Waals surface area contributed by atoms with Crippen molar-refractivity contribution in [1.82, 2.24) is 5.32 Å². The predicted molar refractivity (Wildman–Crippen MR) is 84.4 cm³/mol. The highest BCUT2D eigenvalue weighted by molar-refractivity contribution is 6.31. The second kappa shape index (κ2) is 6.78. The first-order valence-corrected chi connectivity index (χ1v) is 7.11. The first kappa shape index (κ1) is 14.9. The molecule has 0 saturated carbocycles. The van der Waals surface area contributed by atoms with E-state index in [1.54, 1.807) is 7.11 Å². The molecule has 0 unspecified atom stereocenters. The normalized spacial score (nSPS) is 12.2. The molecule has 0 aromatic heterocycles. The summed E-state index contributed by atoms with van der Waals surface area (Å²) in [7, 11) is 1.69. The van der Waals surface area contributed by atoms with E-state index in [2.05, 4.69) is 37.4 Å². The van der Waals surface area contributed by atoms with Crippen LogP contribution in [0.25, 0.3) is 0 Å². The Balaban J connectivity index is 2.02. The molecule has 0 aliphatic heterocycles. The quantitative estimate of drug-likeness (QED) is 0.874. The average Bonchev–Trinajstić information content (AvgIpc) is 2.45. The van der Waals surface area contributed by atoms with Crippen molar-refractivity contribution in [3.63, 3.8) is 0 Å². The third kappa shape index (κ3) is 3.53. The summed E-state index contributed by atoms with van der Waals surface area (Å²) < 4.78 is 5.27. The van der Waals surface area contributed by atoms with Gasteiger partial charge in [-0.15, -0.1) is 0 Å². The molecule has 0 radical (unpaired) electrons. The average molecular weight is 290 g/mol. The topological polar surface area (TPSA) is 21.3 Å². The van der Waals surface area contributed by atoms with E-state index in [0.717, 1.165) is 28.4 Å². The lowest BCUT2D eigenvalue weighted by atomic mass is 10.1. The number of rotatable bonds is 5. The highest BCUT2D eigenvalue weighted by Gasteiger charge is 2.08. The van der Waals surface area contributed by atoms with Gasteiger partial charge in [0.15, 0.2) is 0 Å². The predicted octanol–water partition coefficient (Wildman–Crippen LogP) is 4.51. The van der Waals surface area contributed by atoms with Crippen molar-refractivity contribution >= 4 is 11.6 Å². The van der Waals surface area contributed by atoms with Gasteiger partial charge in [0, 0.05) is 17.6 Å². The first-order valence-electron chi connectivity index (χ1n) is 6.73. The van der Waals surface area contributed by atoms with Gasteiger partial charge in [-0.1, -0.05) is 41.9 Å². The minimum absolute atomic E-state index is 0.214. The molecule has 0 spiro atoms. The maximum atomic E-state index is 6.21. The van der Waals surface area contributed by atoms with Crippen molar-refractivity contribution in [2.24, 2.45) is 0 Å². The molecule has 1 N–H and O–H groups in total. The fraction of sp³-hybridized carbons (Fsp3) is 0.294. The number of hydrogen-bond acceptors (Lipinski definition) is 2. The van der Waals surface area contributed by atoms with Crippen LogP contribution in [0.3, 0.4) is 0 Å². The van der Waals surface area contributed by atoms with Crippen LogP contribution in [0.2, 0.25) is 5.02 Å². The molecular formula is C17H20ClNO. The van der Waals surface area contributed by atoms with Crippen LogP contribution in [-0.4, -0.2) is 7.11 Å². The van der Waals surface area contributed by atoms with E-state index in [9.17, 15) is 0 Å². The Morgan fingerprint density at radius 1 is 1.20 bits per heavy atom. The molecule has 0 heterocycles. The van der Waals surface area contributed by atoms with Crippen molar-refractivity contribution in [3.05, 3.63) is 64.2 Å². The minimum atomic E-state index is 0.214. The van der Waals surface area contributed by atoms with Crippen LogP contribution >= 0.6 is 11.6 Å². The zero-order chi connectivity index (χ0) is 14.5. The summed E-state index contributed by atoms with van der Waals surface area (Å²) in [5.74, 6) is 0.924. The van der Waals surface area contributed by atoms with Crippen LogP contribution in [0.4, 0.5) is 0 Å². The van der Waals surface area contributed by atoms with Gasteiger partial charge < -0.3 is 10.1 Å². The zero-order valence-corrected chi connectivity index (χ0v) is 12.9. The van der Waals surface area contributed by atoms with Gasteiger partial charge in [0.2, 0.25) is 0 Å². The number of benzene rings is 2. The van der Waals surface area contributed by atoms with Gasteiger partial charge in [0.05, 0.1) is 7.11 Å². The van der Waals surface area contributed by atoms with Gasteiger partial charge in [-0.25, -0.2) is 0 Å². The molecule has 106 valence electrons. The molecule has 0 bridgehead atoms. The Kier molecular flexibility index (Phi) is 5.05. The molecule has 0 aliphatic carbocycles. The molecule has 0 saturated heterocycles. The molecule has 0 aliphatic rings. The fourth-order valence-electron chi connectivity index (χ4n) is 2.26. The monoisotopic (exact) mass is 289 g/mol. The van der Waals surface area contributed by atoms with Crippen LogP contribution in [0.5, 0.6) is 5.75 Å². The summed E-state index contributed by atoms with van der Waals surface area (Å²) in [5.41, 5.74) is 3.51. The lowest BCUT2D eigenvalue weighted by molar-refractivity contribution is 0.411. The molecule has 1 atom stereocenters. The maximum absolute atomic E-state index is 6.21. The third-order valence-corrected chi connectivity index (χ3v) is 3.79. The summed E-state index contributed by atoms with van der Waals surface area (Å²) in [6, 6.07) is 14.4. The Labute approximate surface area is 125 Å². The van der Waals surface area contributed by atoms with Crippen molar-refractivity contribution in [2.45, 2.75) is 26.4 Å². The van der Waals surface area contributed by atoms with Crippen LogP contribution in [-0.2, 0) is 6.54 Å². The smallest absolute Gasteiger partial charge is 0.121 e. The highest BCUT2D eigenvalue weighted by atomic mass is 35.5. The first-order chi connectivity index (χ1) is 9.61. The number of halogens is 1. The highest BCUT2D eigenvalue weighted by Crippen LogP contribution is 2.23. The lowest BCUT2D eigenvalue weighted by Gasteiger charge is -2.16. The van der Waals surface area contributed by atoms with Gasteiger partial charge in [-0.05, 0) is 42.7 Å². The molecule has 2 aromatic rings. The molecule has 0 amide bonds. The molecule has 2 rings (SSSR count). The van der Waals surface area contributed by atoms with Crippen LogP contribution in [0.1, 0.15) is 29.7 Å². The van der Waals surface area contributed by atoms with Crippen molar-refractivity contribution in [2.75, 3.05) is 7.11 Å². The number of methoxy groups -OCH3 is 1. The van der Waals surface area contributed by atoms with Gasteiger partial charge in [0.1, 0.15) is 5.75 Å². The number of nitrogens with one attached hydrogen (secondary N) is 1. The fourth-order valence-corrected chi connectivity index (χ4v) is 2.56. The number of ether oxygens (including phenoxy) is 1. The van der Waals surface area contributed by atoms with E-state index in [4.69, 9.17) is 16.3 Å². The summed E-state index contributed by atoms with van der Waals surface area (Å²) in [6.45, 7) is 4.98. The van der Waals surface area contributed by atoms with Gasteiger partial charge in [-0.3, -0.25) is 0 Å². The van der Waals surface area contributed by atoms with Crippen molar-refractivity contribution in [1.29, 1.82) is 0 Å². The van der Waals surface area contributed by atoms with E-state index >= 15 is 0 Å². The van der Waals surface area contributed by atoms with Gasteiger partial charge in [0.25, 0.3) is 0 Å². The summed E-state index contributed by atoms with van der Waals surface area (Å²) in [4.78, 5) is 0. The van der Waals surface area contributed by atoms with E-state index < -0.39 is 0 Å². The van der Waals surface area contributed by atoms with Gasteiger partial charge >= 0.3 is 0 Å². The Bertz CT molecular complexity index is 583. The molecule has 20 heavy (non-hydrogen) atoms. The molecular weight excluding hydrogens is 270 g/mol. The van der Waals surface area contributed by atoms with E-state index in [1.165, 1.54) is 5.56 Å². The summed E-state index contributed by atoms with van der Waals surface area (Å²) in [6.07, 6.45) is 0. The second-order valence-electron chi connectivity index (χ2n) is 4.93. The van der Waals surface area contributed by atoms with Crippen molar-refractivity contribution in [3.8, 4) is 5.75 Å². The molecule has 0 fully saturated rings. The summed E-state index contributed by atoms with van der Waals surface area (Å²) in [5, 5.41) is 4.30. The van der Waals surface area contributed by atoms with Crippen LogP contribution in [0.15, 0.2) is 42.5 Å². The molecule has 3 heteroatoms. The maximum Gasteiger partial charge on any atom is 0.121 e.